The van der Waals surface area contributed by atoms with Gasteiger partial charge in [0, 0.05) is 11.7 Å². The van der Waals surface area contributed by atoms with Crippen LogP contribution in [-0.2, 0) is 23.9 Å². The van der Waals surface area contributed by atoms with Gasteiger partial charge in [0.15, 0.2) is 0 Å². The summed E-state index contributed by atoms with van der Waals surface area (Å²) >= 11 is 1.20. The molecule has 9 heteroatoms. The topological polar surface area (TPSA) is 111 Å². The molecule has 3 rings (SSSR count). The number of hydrogen-bond acceptors (Lipinski definition) is 7. The molecular formula is C21H26N2O6S. The Morgan fingerprint density at radius 1 is 1.23 bits per heavy atom. The predicted molar refractivity (Wildman–Crippen MR) is 111 cm³/mol. The summed E-state index contributed by atoms with van der Waals surface area (Å²) in [7, 11) is 1.22. The average molecular weight is 435 g/mol. The van der Waals surface area contributed by atoms with Crippen LogP contribution in [0.3, 0.4) is 0 Å². The van der Waals surface area contributed by atoms with E-state index < -0.39 is 34.4 Å². The summed E-state index contributed by atoms with van der Waals surface area (Å²) in [6, 6.07) is 8.49. The van der Waals surface area contributed by atoms with E-state index in [0.29, 0.717) is 6.42 Å². The fraction of sp³-hybridized carbons (Fsp3) is 0.524. The van der Waals surface area contributed by atoms with E-state index in [2.05, 4.69) is 10.6 Å². The summed E-state index contributed by atoms with van der Waals surface area (Å²) in [4.78, 5) is 49.5. The number of alkyl carbamates (subject to hydrolysis) is 1. The van der Waals surface area contributed by atoms with Gasteiger partial charge in [0.25, 0.3) is 0 Å². The van der Waals surface area contributed by atoms with E-state index in [1.54, 1.807) is 20.8 Å². The smallest absolute Gasteiger partial charge is 0.408 e. The summed E-state index contributed by atoms with van der Waals surface area (Å²) in [6.07, 6.45) is -0.204. The number of methoxy groups -OCH3 is 1. The number of carbonyl (C=O) groups excluding carboxylic acids is 4. The number of hydrogen-bond donors (Lipinski definition) is 2. The lowest BCUT2D eigenvalue weighted by atomic mass is 9.62. The maximum atomic E-state index is 12.8. The Kier molecular flexibility index (Phi) is 6.12. The maximum Gasteiger partial charge on any atom is 0.408 e. The number of ether oxygens (including phenoxy) is 2. The van der Waals surface area contributed by atoms with Crippen molar-refractivity contribution < 1.29 is 28.7 Å². The number of benzene rings is 1. The van der Waals surface area contributed by atoms with E-state index in [9.17, 15) is 19.2 Å². The lowest BCUT2D eigenvalue weighted by molar-refractivity contribution is -0.142. The molecular weight excluding hydrogens is 408 g/mol. The van der Waals surface area contributed by atoms with Crippen molar-refractivity contribution in [1.29, 1.82) is 0 Å². The lowest BCUT2D eigenvalue weighted by Crippen LogP contribution is -2.56. The van der Waals surface area contributed by atoms with Gasteiger partial charge in [-0.2, -0.15) is 0 Å². The summed E-state index contributed by atoms with van der Waals surface area (Å²) in [6.45, 7) is 5.14. The Labute approximate surface area is 179 Å². The van der Waals surface area contributed by atoms with E-state index in [0.717, 1.165) is 5.56 Å². The van der Waals surface area contributed by atoms with Gasteiger partial charge in [-0.15, -0.1) is 11.8 Å². The minimum absolute atomic E-state index is 0.0620. The Balaban J connectivity index is 1.79. The molecule has 0 aromatic heterocycles. The van der Waals surface area contributed by atoms with Gasteiger partial charge in [-0.05, 0) is 32.8 Å². The highest BCUT2D eigenvalue weighted by atomic mass is 32.2. The van der Waals surface area contributed by atoms with Crippen LogP contribution < -0.4 is 10.6 Å². The molecule has 1 aromatic carbocycles. The summed E-state index contributed by atoms with van der Waals surface area (Å²) in [5, 5.41) is 4.94. The molecule has 1 unspecified atom stereocenters. The zero-order valence-electron chi connectivity index (χ0n) is 17.4. The van der Waals surface area contributed by atoms with Crippen molar-refractivity contribution in [2.75, 3.05) is 12.9 Å². The Morgan fingerprint density at radius 3 is 2.47 bits per heavy atom. The molecule has 1 saturated heterocycles. The van der Waals surface area contributed by atoms with E-state index in [1.165, 1.54) is 18.9 Å². The second kappa shape index (κ2) is 8.29. The second-order valence-corrected chi connectivity index (χ2v) is 9.69. The highest BCUT2D eigenvalue weighted by Crippen LogP contribution is 2.60. The number of fused-ring (bicyclic) bond motifs is 1. The standard InChI is InChI=1S/C21H26N2O6S/c1-20(2,3)29-19(27)22-15(17(25)28-4)11-30-21-13(12-8-6-5-7-9-12)10-14(21)16(24)23-18(21)26/h5-9,13-15H,10-11H2,1-4H3,(H,22,27)(H,23,24,26)/t13?,14-,15-,21+/m0/s1. The van der Waals surface area contributed by atoms with E-state index in [-0.39, 0.29) is 23.5 Å². The number of carbonyl (C=O) groups is 4. The van der Waals surface area contributed by atoms with Gasteiger partial charge in [-0.3, -0.25) is 14.9 Å². The van der Waals surface area contributed by atoms with Crippen molar-refractivity contribution in [3.63, 3.8) is 0 Å². The highest BCUT2D eigenvalue weighted by molar-refractivity contribution is 8.01. The third-order valence-corrected chi connectivity index (χ3v) is 7.01. The second-order valence-electron chi connectivity index (χ2n) is 8.40. The normalized spacial score (nSPS) is 26.1. The molecule has 3 amide bonds. The highest BCUT2D eigenvalue weighted by Gasteiger charge is 2.68. The van der Waals surface area contributed by atoms with Crippen LogP contribution >= 0.6 is 11.8 Å². The van der Waals surface area contributed by atoms with Gasteiger partial charge >= 0.3 is 12.1 Å². The Bertz CT molecular complexity index is 853. The van der Waals surface area contributed by atoms with Crippen molar-refractivity contribution >= 4 is 35.6 Å². The molecule has 2 aliphatic rings. The van der Waals surface area contributed by atoms with Gasteiger partial charge in [0.05, 0.1) is 13.0 Å². The third-order valence-electron chi connectivity index (χ3n) is 5.28. The molecule has 1 heterocycles. The number of amides is 3. The van der Waals surface area contributed by atoms with E-state index >= 15 is 0 Å². The molecule has 1 aliphatic carbocycles. The number of rotatable bonds is 6. The van der Waals surface area contributed by atoms with Crippen LogP contribution in [0.1, 0.15) is 38.7 Å². The van der Waals surface area contributed by atoms with Crippen molar-refractivity contribution in [3.05, 3.63) is 35.9 Å². The van der Waals surface area contributed by atoms with Gasteiger partial charge in [-0.25, -0.2) is 9.59 Å². The summed E-state index contributed by atoms with van der Waals surface area (Å²) < 4.78 is 9.02. The van der Waals surface area contributed by atoms with Crippen LogP contribution in [0, 0.1) is 5.92 Å². The molecule has 162 valence electrons. The molecule has 0 radical (unpaired) electrons. The SMILES string of the molecule is COC(=O)[C@H](CS[C@@]12C(=O)NC(=O)[C@@H]1CC2c1ccccc1)NC(=O)OC(C)(C)C. The number of thioether (sulfide) groups is 1. The zero-order valence-corrected chi connectivity index (χ0v) is 18.2. The predicted octanol–water partition coefficient (Wildman–Crippen LogP) is 1.98. The minimum Gasteiger partial charge on any atom is -0.467 e. The van der Waals surface area contributed by atoms with Crippen molar-refractivity contribution in [2.45, 2.75) is 49.5 Å². The van der Waals surface area contributed by atoms with Crippen LogP contribution in [0.15, 0.2) is 30.3 Å². The van der Waals surface area contributed by atoms with Gasteiger partial charge < -0.3 is 14.8 Å². The molecule has 1 aliphatic heterocycles. The molecule has 2 fully saturated rings. The van der Waals surface area contributed by atoms with Crippen molar-refractivity contribution in [1.82, 2.24) is 10.6 Å². The monoisotopic (exact) mass is 434 g/mol. The molecule has 1 aromatic rings. The Hall–Kier alpha value is -2.55. The van der Waals surface area contributed by atoms with Crippen molar-refractivity contribution in [2.24, 2.45) is 5.92 Å². The first-order chi connectivity index (χ1) is 14.1. The first-order valence-corrected chi connectivity index (χ1v) is 10.7. The van der Waals surface area contributed by atoms with Crippen LogP contribution in [0.25, 0.3) is 0 Å². The van der Waals surface area contributed by atoms with Gasteiger partial charge in [0.1, 0.15) is 16.4 Å². The lowest BCUT2D eigenvalue weighted by Gasteiger charge is -2.48. The largest absolute Gasteiger partial charge is 0.467 e. The molecule has 8 nitrogen and oxygen atoms in total. The molecule has 1 saturated carbocycles. The molecule has 2 N–H and O–H groups in total. The molecule has 30 heavy (non-hydrogen) atoms. The number of imide groups is 1. The van der Waals surface area contributed by atoms with E-state index in [1.807, 2.05) is 30.3 Å². The van der Waals surface area contributed by atoms with Gasteiger partial charge in [0.2, 0.25) is 11.8 Å². The van der Waals surface area contributed by atoms with Crippen LogP contribution in [0.2, 0.25) is 0 Å². The third kappa shape index (κ3) is 4.16. The quantitative estimate of drug-likeness (QED) is 0.520. The molecule has 4 atom stereocenters. The first-order valence-electron chi connectivity index (χ1n) is 9.70. The fourth-order valence-electron chi connectivity index (χ4n) is 3.90. The minimum atomic E-state index is -1.02. The van der Waals surface area contributed by atoms with Crippen LogP contribution in [0.4, 0.5) is 4.79 Å². The number of esters is 1. The van der Waals surface area contributed by atoms with E-state index in [4.69, 9.17) is 9.47 Å². The first kappa shape index (κ1) is 22.1. The summed E-state index contributed by atoms with van der Waals surface area (Å²) in [5.74, 6) is -1.88. The van der Waals surface area contributed by atoms with Crippen LogP contribution in [0.5, 0.6) is 0 Å². The summed E-state index contributed by atoms with van der Waals surface area (Å²) in [5.41, 5.74) is 0.229. The fourth-order valence-corrected chi connectivity index (χ4v) is 5.58. The van der Waals surface area contributed by atoms with Crippen LogP contribution in [-0.4, -0.2) is 53.1 Å². The number of nitrogens with one attached hydrogen (secondary N) is 2. The van der Waals surface area contributed by atoms with Crippen molar-refractivity contribution in [3.8, 4) is 0 Å². The van der Waals surface area contributed by atoms with Gasteiger partial charge in [-0.1, -0.05) is 30.3 Å². The Morgan fingerprint density at radius 2 is 1.90 bits per heavy atom. The molecule has 0 spiro atoms. The maximum absolute atomic E-state index is 12.8. The average Bonchev–Trinajstić information content (AvgIpc) is 2.82. The molecule has 0 bridgehead atoms. The zero-order chi connectivity index (χ0) is 22.1.